The summed E-state index contributed by atoms with van der Waals surface area (Å²) in [6.07, 6.45) is 7.05. The van der Waals surface area contributed by atoms with Gasteiger partial charge in [-0.05, 0) is 62.2 Å². The molecule has 2 saturated heterocycles. The smallest absolute Gasteiger partial charge is 0.309 e. The summed E-state index contributed by atoms with van der Waals surface area (Å²) in [6.45, 7) is 9.06. The number of hydrogen-bond acceptors (Lipinski definition) is 6. The van der Waals surface area contributed by atoms with Crippen molar-refractivity contribution in [3.05, 3.63) is 59.9 Å². The van der Waals surface area contributed by atoms with Crippen molar-refractivity contribution < 1.29 is 9.59 Å². The minimum Gasteiger partial charge on any atom is -0.369 e. The molecule has 2 N–H and O–H groups in total. The topological polar surface area (TPSA) is 80.8 Å². The summed E-state index contributed by atoms with van der Waals surface area (Å²) in [7, 11) is 0. The molecule has 2 amide bonds. The average molecular weight is 465 g/mol. The van der Waals surface area contributed by atoms with Gasteiger partial charge in [0.2, 0.25) is 0 Å². The Balaban J connectivity index is 1.07. The second-order valence-corrected chi connectivity index (χ2v) is 9.13. The Morgan fingerprint density at radius 1 is 0.765 bits per heavy atom. The van der Waals surface area contributed by atoms with Crippen LogP contribution in [0.3, 0.4) is 0 Å². The van der Waals surface area contributed by atoms with Gasteiger partial charge in [-0.15, -0.1) is 0 Å². The third-order valence-electron chi connectivity index (χ3n) is 6.62. The number of nitrogens with one attached hydrogen (secondary N) is 2. The fourth-order valence-corrected chi connectivity index (χ4v) is 4.59. The number of pyridine rings is 1. The van der Waals surface area contributed by atoms with Crippen LogP contribution < -0.4 is 15.5 Å². The highest BCUT2D eigenvalue weighted by Crippen LogP contribution is 2.15. The highest BCUT2D eigenvalue weighted by molar-refractivity contribution is 6.35. The molecule has 0 saturated carbocycles. The lowest BCUT2D eigenvalue weighted by Gasteiger charge is -2.36. The van der Waals surface area contributed by atoms with Crippen molar-refractivity contribution >= 4 is 17.5 Å². The zero-order valence-corrected chi connectivity index (χ0v) is 19.9. The maximum absolute atomic E-state index is 12.1. The molecule has 0 spiro atoms. The van der Waals surface area contributed by atoms with Crippen LogP contribution in [0, 0.1) is 0 Å². The van der Waals surface area contributed by atoms with Gasteiger partial charge in [0.25, 0.3) is 0 Å². The summed E-state index contributed by atoms with van der Waals surface area (Å²) in [4.78, 5) is 35.5. The molecule has 34 heavy (non-hydrogen) atoms. The standard InChI is InChI=1S/C26H36N6O2/c33-25(26(34)29-20-22-4-6-23(7-5-22)21-31-13-1-2-14-31)28-10-3-15-30-16-18-32(19-17-30)24-8-11-27-12-9-24/h4-9,11-12H,1-3,10,13-21H2,(H,28,33)(H,29,34). The third kappa shape index (κ3) is 7.27. The fourth-order valence-electron chi connectivity index (χ4n) is 4.59. The summed E-state index contributed by atoms with van der Waals surface area (Å²) in [5.74, 6) is -1.14. The zero-order valence-electron chi connectivity index (χ0n) is 19.9. The maximum atomic E-state index is 12.1. The molecule has 1 aromatic heterocycles. The predicted octanol–water partition coefficient (Wildman–Crippen LogP) is 1.62. The van der Waals surface area contributed by atoms with E-state index in [4.69, 9.17) is 0 Å². The van der Waals surface area contributed by atoms with Gasteiger partial charge in [-0.2, -0.15) is 0 Å². The second-order valence-electron chi connectivity index (χ2n) is 9.13. The summed E-state index contributed by atoms with van der Waals surface area (Å²) >= 11 is 0. The Morgan fingerprint density at radius 2 is 1.41 bits per heavy atom. The molecule has 3 heterocycles. The summed E-state index contributed by atoms with van der Waals surface area (Å²) < 4.78 is 0. The summed E-state index contributed by atoms with van der Waals surface area (Å²) in [5, 5.41) is 5.46. The van der Waals surface area contributed by atoms with Crippen LogP contribution in [0.4, 0.5) is 5.69 Å². The summed E-state index contributed by atoms with van der Waals surface area (Å²) in [6, 6.07) is 12.4. The Kier molecular flexibility index (Phi) is 8.87. The SMILES string of the molecule is O=C(NCCCN1CCN(c2ccncc2)CC1)C(=O)NCc1ccc(CN2CCCC2)cc1. The number of aromatic nitrogens is 1. The van der Waals surface area contributed by atoms with Gasteiger partial charge in [-0.1, -0.05) is 24.3 Å². The number of nitrogens with zero attached hydrogens (tertiary/aromatic N) is 4. The molecular formula is C26H36N6O2. The monoisotopic (exact) mass is 464 g/mol. The van der Waals surface area contributed by atoms with Crippen LogP contribution in [0.15, 0.2) is 48.8 Å². The number of likely N-dealkylation sites (tertiary alicyclic amines) is 1. The predicted molar refractivity (Wildman–Crippen MR) is 133 cm³/mol. The van der Waals surface area contributed by atoms with E-state index < -0.39 is 11.8 Å². The molecule has 0 bridgehead atoms. The van der Waals surface area contributed by atoms with Crippen LogP contribution in [-0.4, -0.2) is 79.0 Å². The van der Waals surface area contributed by atoms with Gasteiger partial charge in [0, 0.05) is 63.9 Å². The molecule has 0 unspecified atom stereocenters. The maximum Gasteiger partial charge on any atom is 0.309 e. The van der Waals surface area contributed by atoms with Gasteiger partial charge in [0.05, 0.1) is 0 Å². The minimum atomic E-state index is -0.577. The van der Waals surface area contributed by atoms with Crippen LogP contribution in [0.5, 0.6) is 0 Å². The first kappa shape index (κ1) is 24.2. The molecule has 0 aliphatic carbocycles. The lowest BCUT2D eigenvalue weighted by Crippen LogP contribution is -2.47. The van der Waals surface area contributed by atoms with E-state index in [1.54, 1.807) is 0 Å². The van der Waals surface area contributed by atoms with Crippen LogP contribution in [0.1, 0.15) is 30.4 Å². The number of carbonyl (C=O) groups excluding carboxylic acids is 2. The lowest BCUT2D eigenvalue weighted by molar-refractivity contribution is -0.139. The molecule has 182 valence electrons. The van der Waals surface area contributed by atoms with Crippen LogP contribution in [-0.2, 0) is 22.7 Å². The number of anilines is 1. The van der Waals surface area contributed by atoms with E-state index >= 15 is 0 Å². The molecule has 1 aromatic carbocycles. The van der Waals surface area contributed by atoms with Gasteiger partial charge in [0.1, 0.15) is 0 Å². The molecule has 4 rings (SSSR count). The number of hydrogen-bond donors (Lipinski definition) is 2. The van der Waals surface area contributed by atoms with Gasteiger partial charge in [0.15, 0.2) is 0 Å². The summed E-state index contributed by atoms with van der Waals surface area (Å²) in [5.41, 5.74) is 3.50. The highest BCUT2D eigenvalue weighted by Gasteiger charge is 2.17. The largest absolute Gasteiger partial charge is 0.369 e. The first-order valence-corrected chi connectivity index (χ1v) is 12.4. The van der Waals surface area contributed by atoms with Gasteiger partial charge in [-0.25, -0.2) is 0 Å². The molecule has 0 radical (unpaired) electrons. The number of benzene rings is 1. The second kappa shape index (κ2) is 12.5. The van der Waals surface area contributed by atoms with Crippen molar-refractivity contribution in [2.75, 3.05) is 57.3 Å². The van der Waals surface area contributed by atoms with Crippen molar-refractivity contribution in [2.45, 2.75) is 32.4 Å². The third-order valence-corrected chi connectivity index (χ3v) is 6.62. The van der Waals surface area contributed by atoms with Gasteiger partial charge < -0.3 is 15.5 Å². The molecule has 2 aromatic rings. The van der Waals surface area contributed by atoms with E-state index in [1.807, 2.05) is 36.7 Å². The van der Waals surface area contributed by atoms with E-state index in [-0.39, 0.29) is 0 Å². The number of piperazine rings is 1. The van der Waals surface area contributed by atoms with Crippen molar-refractivity contribution in [2.24, 2.45) is 0 Å². The zero-order chi connectivity index (χ0) is 23.6. The lowest BCUT2D eigenvalue weighted by atomic mass is 10.1. The Morgan fingerprint density at radius 3 is 2.12 bits per heavy atom. The Bertz CT molecular complexity index is 907. The molecule has 2 aliphatic rings. The van der Waals surface area contributed by atoms with E-state index in [2.05, 4.69) is 42.5 Å². The van der Waals surface area contributed by atoms with Crippen molar-refractivity contribution in [3.8, 4) is 0 Å². The molecular weight excluding hydrogens is 428 g/mol. The van der Waals surface area contributed by atoms with Crippen LogP contribution in [0.25, 0.3) is 0 Å². The molecule has 2 fully saturated rings. The number of carbonyl (C=O) groups is 2. The highest BCUT2D eigenvalue weighted by atomic mass is 16.2. The normalized spacial score (nSPS) is 17.0. The minimum absolute atomic E-state index is 0.359. The molecule has 8 nitrogen and oxygen atoms in total. The van der Waals surface area contributed by atoms with E-state index in [1.165, 1.54) is 37.2 Å². The average Bonchev–Trinajstić information content (AvgIpc) is 3.40. The number of rotatable bonds is 9. The quantitative estimate of drug-likeness (QED) is 0.434. The van der Waals surface area contributed by atoms with Crippen molar-refractivity contribution in [1.29, 1.82) is 0 Å². The number of amides is 2. The van der Waals surface area contributed by atoms with Crippen LogP contribution >= 0.6 is 0 Å². The molecule has 0 atom stereocenters. The van der Waals surface area contributed by atoms with E-state index in [0.29, 0.717) is 13.1 Å². The van der Waals surface area contributed by atoms with Gasteiger partial charge in [-0.3, -0.25) is 24.4 Å². The van der Waals surface area contributed by atoms with E-state index in [0.717, 1.165) is 51.3 Å². The van der Waals surface area contributed by atoms with Gasteiger partial charge >= 0.3 is 11.8 Å². The molecule has 8 heteroatoms. The van der Waals surface area contributed by atoms with Crippen molar-refractivity contribution in [3.63, 3.8) is 0 Å². The fraction of sp³-hybridized carbons (Fsp3) is 0.500. The Hall–Kier alpha value is -2.97. The Labute approximate surface area is 202 Å². The first-order chi connectivity index (χ1) is 16.7. The first-order valence-electron chi connectivity index (χ1n) is 12.4. The van der Waals surface area contributed by atoms with E-state index in [9.17, 15) is 9.59 Å². The van der Waals surface area contributed by atoms with Crippen molar-refractivity contribution in [1.82, 2.24) is 25.4 Å². The molecule has 2 aliphatic heterocycles. The van der Waals surface area contributed by atoms with Crippen LogP contribution in [0.2, 0.25) is 0 Å².